The highest BCUT2D eigenvalue weighted by molar-refractivity contribution is 5.82. The van der Waals surface area contributed by atoms with Crippen LogP contribution in [0.3, 0.4) is 0 Å². The van der Waals surface area contributed by atoms with Gasteiger partial charge in [-0.2, -0.15) is 0 Å². The van der Waals surface area contributed by atoms with E-state index in [9.17, 15) is 9.90 Å². The highest BCUT2D eigenvalue weighted by atomic mass is 16.5. The van der Waals surface area contributed by atoms with E-state index < -0.39 is 11.7 Å². The number of fused-ring (bicyclic) bond motifs is 1. The molecule has 0 aliphatic rings. The molecule has 0 aliphatic carbocycles. The van der Waals surface area contributed by atoms with Crippen molar-refractivity contribution in [2.75, 3.05) is 13.2 Å². The molecule has 0 saturated heterocycles. The van der Waals surface area contributed by atoms with Crippen LogP contribution < -0.4 is 16.1 Å². The molecule has 0 amide bonds. The SMILES string of the molecule is NCC(O)COc1ccc2cc(-c3ccccc3)c(=O)oc2c1. The lowest BCUT2D eigenvalue weighted by molar-refractivity contribution is 0.114. The summed E-state index contributed by atoms with van der Waals surface area (Å²) in [5.41, 5.74) is 6.70. The van der Waals surface area contributed by atoms with Crippen LogP contribution in [0.2, 0.25) is 0 Å². The minimum atomic E-state index is -0.724. The van der Waals surface area contributed by atoms with E-state index in [4.69, 9.17) is 14.9 Å². The van der Waals surface area contributed by atoms with Crippen molar-refractivity contribution < 1.29 is 14.3 Å². The van der Waals surface area contributed by atoms with Crippen molar-refractivity contribution in [1.82, 2.24) is 0 Å². The van der Waals surface area contributed by atoms with Crippen LogP contribution in [0.25, 0.3) is 22.1 Å². The molecular formula is C18H17NO4. The second-order valence-electron chi connectivity index (χ2n) is 5.21. The van der Waals surface area contributed by atoms with Gasteiger partial charge in [-0.15, -0.1) is 0 Å². The number of hydrogen-bond donors (Lipinski definition) is 2. The van der Waals surface area contributed by atoms with E-state index in [-0.39, 0.29) is 13.2 Å². The fourth-order valence-electron chi connectivity index (χ4n) is 2.26. The summed E-state index contributed by atoms with van der Waals surface area (Å²) in [5, 5.41) is 10.2. The largest absolute Gasteiger partial charge is 0.491 e. The number of rotatable bonds is 5. The third-order valence-corrected chi connectivity index (χ3v) is 3.51. The highest BCUT2D eigenvalue weighted by Crippen LogP contribution is 2.24. The number of hydrogen-bond acceptors (Lipinski definition) is 5. The summed E-state index contributed by atoms with van der Waals surface area (Å²) in [6, 6.07) is 16.4. The van der Waals surface area contributed by atoms with Crippen molar-refractivity contribution in [3.8, 4) is 16.9 Å². The maximum absolute atomic E-state index is 12.2. The van der Waals surface area contributed by atoms with Crippen molar-refractivity contribution in [2.45, 2.75) is 6.10 Å². The van der Waals surface area contributed by atoms with Crippen molar-refractivity contribution in [3.05, 3.63) is 65.0 Å². The Morgan fingerprint density at radius 1 is 1.13 bits per heavy atom. The Hall–Kier alpha value is -2.63. The fraction of sp³-hybridized carbons (Fsp3) is 0.167. The van der Waals surface area contributed by atoms with E-state index in [0.717, 1.165) is 10.9 Å². The third-order valence-electron chi connectivity index (χ3n) is 3.51. The van der Waals surface area contributed by atoms with Gasteiger partial charge in [0, 0.05) is 18.0 Å². The van der Waals surface area contributed by atoms with E-state index in [2.05, 4.69) is 0 Å². The maximum Gasteiger partial charge on any atom is 0.344 e. The number of aliphatic hydroxyl groups is 1. The van der Waals surface area contributed by atoms with Crippen LogP contribution in [0, 0.1) is 0 Å². The van der Waals surface area contributed by atoms with E-state index in [1.807, 2.05) is 36.4 Å². The number of nitrogens with two attached hydrogens (primary N) is 1. The van der Waals surface area contributed by atoms with Crippen LogP contribution in [0.1, 0.15) is 0 Å². The Labute approximate surface area is 132 Å². The van der Waals surface area contributed by atoms with Crippen LogP contribution >= 0.6 is 0 Å². The molecule has 2 aromatic carbocycles. The Balaban J connectivity index is 1.95. The van der Waals surface area contributed by atoms with Gasteiger partial charge in [0.2, 0.25) is 0 Å². The third kappa shape index (κ3) is 3.41. The molecule has 3 rings (SSSR count). The molecular weight excluding hydrogens is 294 g/mol. The molecule has 5 heteroatoms. The molecule has 0 aliphatic heterocycles. The normalized spacial score (nSPS) is 12.3. The average molecular weight is 311 g/mol. The van der Waals surface area contributed by atoms with Crippen LogP contribution in [-0.4, -0.2) is 24.4 Å². The van der Waals surface area contributed by atoms with E-state index in [1.165, 1.54) is 0 Å². The zero-order valence-corrected chi connectivity index (χ0v) is 12.4. The summed E-state index contributed by atoms with van der Waals surface area (Å²) in [5.74, 6) is 0.514. The molecule has 1 atom stereocenters. The van der Waals surface area contributed by atoms with Crippen LogP contribution in [0.5, 0.6) is 5.75 Å². The second-order valence-corrected chi connectivity index (χ2v) is 5.21. The van der Waals surface area contributed by atoms with Gasteiger partial charge in [-0.05, 0) is 23.8 Å². The minimum absolute atomic E-state index is 0.0916. The fourth-order valence-corrected chi connectivity index (χ4v) is 2.26. The monoisotopic (exact) mass is 311 g/mol. The molecule has 0 radical (unpaired) electrons. The summed E-state index contributed by atoms with van der Waals surface area (Å²) < 4.78 is 10.8. The molecule has 23 heavy (non-hydrogen) atoms. The van der Waals surface area contributed by atoms with Gasteiger partial charge in [0.1, 0.15) is 24.0 Å². The zero-order valence-electron chi connectivity index (χ0n) is 12.4. The highest BCUT2D eigenvalue weighted by Gasteiger charge is 2.09. The molecule has 3 N–H and O–H groups in total. The van der Waals surface area contributed by atoms with Crippen LogP contribution in [0.15, 0.2) is 63.8 Å². The van der Waals surface area contributed by atoms with Gasteiger partial charge in [-0.25, -0.2) is 4.79 Å². The van der Waals surface area contributed by atoms with Crippen molar-refractivity contribution in [2.24, 2.45) is 5.73 Å². The van der Waals surface area contributed by atoms with E-state index >= 15 is 0 Å². The van der Waals surface area contributed by atoms with Crippen LogP contribution in [-0.2, 0) is 0 Å². The van der Waals surface area contributed by atoms with Gasteiger partial charge in [0.25, 0.3) is 0 Å². The summed E-state index contributed by atoms with van der Waals surface area (Å²) in [4.78, 5) is 12.2. The lowest BCUT2D eigenvalue weighted by Crippen LogP contribution is -2.26. The predicted octanol–water partition coefficient (Wildman–Crippen LogP) is 2.16. The quantitative estimate of drug-likeness (QED) is 0.705. The van der Waals surface area contributed by atoms with Gasteiger partial charge >= 0.3 is 5.63 Å². The standard InChI is InChI=1S/C18H17NO4/c19-10-14(20)11-22-15-7-6-13-8-16(12-4-2-1-3-5-12)18(21)23-17(13)9-15/h1-9,14,20H,10-11,19H2. The van der Waals surface area contributed by atoms with Gasteiger partial charge in [0.05, 0.1) is 5.56 Å². The average Bonchev–Trinajstić information content (AvgIpc) is 2.59. The molecule has 0 saturated carbocycles. The zero-order chi connectivity index (χ0) is 16.2. The number of ether oxygens (including phenoxy) is 1. The second kappa shape index (κ2) is 6.64. The van der Waals surface area contributed by atoms with Gasteiger partial charge in [-0.3, -0.25) is 0 Å². The van der Waals surface area contributed by atoms with Crippen LogP contribution in [0.4, 0.5) is 0 Å². The lowest BCUT2D eigenvalue weighted by atomic mass is 10.1. The molecule has 1 aromatic heterocycles. The molecule has 3 aromatic rings. The first-order valence-electron chi connectivity index (χ1n) is 7.31. The summed E-state index contributed by atoms with van der Waals surface area (Å²) in [6.45, 7) is 0.220. The molecule has 1 heterocycles. The molecule has 0 spiro atoms. The smallest absolute Gasteiger partial charge is 0.344 e. The topological polar surface area (TPSA) is 85.7 Å². The number of benzene rings is 2. The molecule has 0 bridgehead atoms. The Bertz CT molecular complexity index is 858. The van der Waals surface area contributed by atoms with Gasteiger partial charge in [0.15, 0.2) is 0 Å². The minimum Gasteiger partial charge on any atom is -0.491 e. The van der Waals surface area contributed by atoms with Crippen molar-refractivity contribution in [3.63, 3.8) is 0 Å². The number of aliphatic hydroxyl groups excluding tert-OH is 1. The Morgan fingerprint density at radius 3 is 2.65 bits per heavy atom. The van der Waals surface area contributed by atoms with Gasteiger partial charge in [-0.1, -0.05) is 30.3 Å². The molecule has 1 unspecified atom stereocenters. The maximum atomic E-state index is 12.2. The molecule has 118 valence electrons. The summed E-state index contributed by atoms with van der Waals surface area (Å²) in [6.07, 6.45) is -0.724. The van der Waals surface area contributed by atoms with E-state index in [0.29, 0.717) is 16.9 Å². The first-order valence-corrected chi connectivity index (χ1v) is 7.31. The molecule has 5 nitrogen and oxygen atoms in total. The Kier molecular flexibility index (Phi) is 4.41. The summed E-state index contributed by atoms with van der Waals surface area (Å²) in [7, 11) is 0. The molecule has 0 fully saturated rings. The summed E-state index contributed by atoms with van der Waals surface area (Å²) >= 11 is 0. The predicted molar refractivity (Wildman–Crippen MR) is 88.5 cm³/mol. The van der Waals surface area contributed by atoms with E-state index in [1.54, 1.807) is 18.2 Å². The first-order chi connectivity index (χ1) is 11.2. The Morgan fingerprint density at radius 2 is 1.91 bits per heavy atom. The first kappa shape index (κ1) is 15.3. The lowest BCUT2D eigenvalue weighted by Gasteiger charge is -2.10. The van der Waals surface area contributed by atoms with Gasteiger partial charge < -0.3 is 20.0 Å². The van der Waals surface area contributed by atoms with Crippen molar-refractivity contribution in [1.29, 1.82) is 0 Å². The van der Waals surface area contributed by atoms with Crippen molar-refractivity contribution >= 4 is 11.0 Å².